The Hall–Kier alpha value is -3.12. The average Bonchev–Trinajstić information content (AvgIpc) is 3.23. The zero-order valence-corrected chi connectivity index (χ0v) is 15.6. The van der Waals surface area contributed by atoms with Gasteiger partial charge < -0.3 is 16.0 Å². The molecule has 3 N–H and O–H groups in total. The Kier molecular flexibility index (Phi) is 6.60. The van der Waals surface area contributed by atoms with Crippen molar-refractivity contribution in [2.75, 3.05) is 11.9 Å². The molecule has 0 radical (unpaired) electrons. The van der Waals surface area contributed by atoms with E-state index in [1.807, 2.05) is 53.9 Å². The monoisotopic (exact) mass is 379 g/mol. The van der Waals surface area contributed by atoms with Crippen molar-refractivity contribution in [2.45, 2.75) is 13.1 Å². The zero-order valence-electron chi connectivity index (χ0n) is 14.8. The highest BCUT2D eigenvalue weighted by Gasteiger charge is 2.11. The smallest absolute Gasteiger partial charge is 0.253 e. The first-order chi connectivity index (χ1) is 13.2. The predicted molar refractivity (Wildman–Crippen MR) is 109 cm³/mol. The molecular formula is C21H21N3O2S. The van der Waals surface area contributed by atoms with Crippen molar-refractivity contribution >= 4 is 28.8 Å². The van der Waals surface area contributed by atoms with E-state index in [1.165, 1.54) is 0 Å². The summed E-state index contributed by atoms with van der Waals surface area (Å²) in [4.78, 5) is 25.6. The molecule has 5 nitrogen and oxygen atoms in total. The summed E-state index contributed by atoms with van der Waals surface area (Å²) >= 11 is 1.60. The maximum absolute atomic E-state index is 12.5. The highest BCUT2D eigenvalue weighted by atomic mass is 32.1. The average molecular weight is 379 g/mol. The number of rotatable bonds is 8. The van der Waals surface area contributed by atoms with Gasteiger partial charge in [-0.05, 0) is 29.1 Å². The van der Waals surface area contributed by atoms with Crippen molar-refractivity contribution in [3.05, 3.63) is 88.1 Å². The van der Waals surface area contributed by atoms with Gasteiger partial charge >= 0.3 is 0 Å². The number of thiophene rings is 1. The van der Waals surface area contributed by atoms with Crippen molar-refractivity contribution in [3.8, 4) is 0 Å². The standard InChI is InChI=1S/C21H21N3O2S/c25-20(23-14-17-9-6-12-27-17)15-22-19-11-5-4-10-18(19)21(26)24-13-16-7-2-1-3-8-16/h1-12,22H,13-15H2,(H,23,25)(H,24,26). The molecule has 0 saturated carbocycles. The lowest BCUT2D eigenvalue weighted by atomic mass is 10.1. The molecule has 2 amide bonds. The lowest BCUT2D eigenvalue weighted by Gasteiger charge is -2.12. The third-order valence-electron chi connectivity index (χ3n) is 3.95. The molecule has 0 atom stereocenters. The molecule has 0 saturated heterocycles. The molecule has 0 aliphatic heterocycles. The van der Waals surface area contributed by atoms with Crippen LogP contribution >= 0.6 is 11.3 Å². The molecule has 138 valence electrons. The molecule has 3 rings (SSSR count). The summed E-state index contributed by atoms with van der Waals surface area (Å²) in [5.41, 5.74) is 2.18. The normalized spacial score (nSPS) is 10.2. The van der Waals surface area contributed by atoms with Gasteiger partial charge in [-0.2, -0.15) is 0 Å². The Bertz CT molecular complexity index is 879. The van der Waals surface area contributed by atoms with Gasteiger partial charge in [-0.1, -0.05) is 48.5 Å². The summed E-state index contributed by atoms with van der Waals surface area (Å²) in [6, 6.07) is 20.8. The zero-order chi connectivity index (χ0) is 18.9. The molecule has 3 aromatic rings. The third-order valence-corrected chi connectivity index (χ3v) is 4.82. The summed E-state index contributed by atoms with van der Waals surface area (Å²) < 4.78 is 0. The molecule has 0 bridgehead atoms. The van der Waals surface area contributed by atoms with E-state index in [2.05, 4.69) is 16.0 Å². The fraction of sp³-hybridized carbons (Fsp3) is 0.143. The predicted octanol–water partition coefficient (Wildman–Crippen LogP) is 3.41. The summed E-state index contributed by atoms with van der Waals surface area (Å²) in [6.45, 7) is 1.07. The lowest BCUT2D eigenvalue weighted by Crippen LogP contribution is -2.30. The molecular weight excluding hydrogens is 358 g/mol. The van der Waals surface area contributed by atoms with E-state index < -0.39 is 0 Å². The van der Waals surface area contributed by atoms with Crippen LogP contribution in [0.3, 0.4) is 0 Å². The number of amides is 2. The van der Waals surface area contributed by atoms with Crippen LogP contribution in [-0.2, 0) is 17.9 Å². The number of hydrogen-bond acceptors (Lipinski definition) is 4. The van der Waals surface area contributed by atoms with Gasteiger partial charge in [0.15, 0.2) is 0 Å². The Morgan fingerprint density at radius 3 is 2.37 bits per heavy atom. The molecule has 0 aliphatic rings. The van der Waals surface area contributed by atoms with Crippen molar-refractivity contribution in [3.63, 3.8) is 0 Å². The fourth-order valence-electron chi connectivity index (χ4n) is 2.55. The van der Waals surface area contributed by atoms with Gasteiger partial charge in [0.2, 0.25) is 5.91 Å². The molecule has 0 spiro atoms. The number of benzene rings is 2. The van der Waals surface area contributed by atoms with Gasteiger partial charge in [0.1, 0.15) is 0 Å². The van der Waals surface area contributed by atoms with Crippen LogP contribution in [0.5, 0.6) is 0 Å². The largest absolute Gasteiger partial charge is 0.376 e. The molecule has 0 aliphatic carbocycles. The molecule has 2 aromatic carbocycles. The number of para-hydroxylation sites is 1. The highest BCUT2D eigenvalue weighted by molar-refractivity contribution is 7.09. The van der Waals surface area contributed by atoms with E-state index in [1.54, 1.807) is 29.5 Å². The van der Waals surface area contributed by atoms with Crippen LogP contribution in [0.4, 0.5) is 5.69 Å². The summed E-state index contributed by atoms with van der Waals surface area (Å²) in [5, 5.41) is 10.8. The summed E-state index contributed by atoms with van der Waals surface area (Å²) in [5.74, 6) is -0.302. The Morgan fingerprint density at radius 2 is 1.59 bits per heavy atom. The summed E-state index contributed by atoms with van der Waals surface area (Å²) in [7, 11) is 0. The van der Waals surface area contributed by atoms with Crippen LogP contribution in [-0.4, -0.2) is 18.4 Å². The minimum absolute atomic E-state index is 0.106. The van der Waals surface area contributed by atoms with Crippen LogP contribution in [0, 0.1) is 0 Å². The Morgan fingerprint density at radius 1 is 0.815 bits per heavy atom. The molecule has 0 fully saturated rings. The number of anilines is 1. The Labute approximate surface area is 162 Å². The lowest BCUT2D eigenvalue weighted by molar-refractivity contribution is -0.119. The van der Waals surface area contributed by atoms with Crippen molar-refractivity contribution in [2.24, 2.45) is 0 Å². The molecule has 27 heavy (non-hydrogen) atoms. The minimum atomic E-state index is -0.180. The first kappa shape index (κ1) is 18.7. The molecule has 1 heterocycles. The van der Waals surface area contributed by atoms with E-state index in [0.29, 0.717) is 24.3 Å². The number of carbonyl (C=O) groups excluding carboxylic acids is 2. The first-order valence-corrected chi connectivity index (χ1v) is 9.54. The number of hydrogen-bond donors (Lipinski definition) is 3. The van der Waals surface area contributed by atoms with Crippen LogP contribution in [0.1, 0.15) is 20.8 Å². The maximum Gasteiger partial charge on any atom is 0.253 e. The minimum Gasteiger partial charge on any atom is -0.376 e. The molecule has 1 aromatic heterocycles. The van der Waals surface area contributed by atoms with Crippen molar-refractivity contribution < 1.29 is 9.59 Å². The van der Waals surface area contributed by atoms with Gasteiger partial charge in [0, 0.05) is 17.1 Å². The molecule has 0 unspecified atom stereocenters. The van der Waals surface area contributed by atoms with Crippen LogP contribution in [0.15, 0.2) is 72.1 Å². The van der Waals surface area contributed by atoms with E-state index in [0.717, 1.165) is 10.4 Å². The molecule has 6 heteroatoms. The fourth-order valence-corrected chi connectivity index (χ4v) is 3.19. The van der Waals surface area contributed by atoms with Gasteiger partial charge in [0.25, 0.3) is 5.91 Å². The van der Waals surface area contributed by atoms with E-state index in [9.17, 15) is 9.59 Å². The maximum atomic E-state index is 12.5. The van der Waals surface area contributed by atoms with Gasteiger partial charge in [-0.25, -0.2) is 0 Å². The second-order valence-electron chi connectivity index (χ2n) is 5.92. The SMILES string of the molecule is O=C(CNc1ccccc1C(=O)NCc1ccccc1)NCc1cccs1. The van der Waals surface area contributed by atoms with E-state index in [4.69, 9.17) is 0 Å². The summed E-state index contributed by atoms with van der Waals surface area (Å²) in [6.07, 6.45) is 0. The highest BCUT2D eigenvalue weighted by Crippen LogP contribution is 2.15. The van der Waals surface area contributed by atoms with Crippen LogP contribution < -0.4 is 16.0 Å². The second-order valence-corrected chi connectivity index (χ2v) is 6.96. The van der Waals surface area contributed by atoms with E-state index in [-0.39, 0.29) is 18.4 Å². The third kappa shape index (κ3) is 5.69. The quantitative estimate of drug-likeness (QED) is 0.562. The van der Waals surface area contributed by atoms with Gasteiger partial charge in [-0.15, -0.1) is 11.3 Å². The van der Waals surface area contributed by atoms with Crippen LogP contribution in [0.2, 0.25) is 0 Å². The van der Waals surface area contributed by atoms with Crippen molar-refractivity contribution in [1.82, 2.24) is 10.6 Å². The number of carbonyl (C=O) groups is 2. The van der Waals surface area contributed by atoms with Gasteiger partial charge in [-0.3, -0.25) is 9.59 Å². The van der Waals surface area contributed by atoms with Crippen LogP contribution in [0.25, 0.3) is 0 Å². The van der Waals surface area contributed by atoms with Gasteiger partial charge in [0.05, 0.1) is 18.7 Å². The Balaban J connectivity index is 1.53. The topological polar surface area (TPSA) is 70.2 Å². The first-order valence-electron chi connectivity index (χ1n) is 8.66. The number of nitrogens with one attached hydrogen (secondary N) is 3. The van der Waals surface area contributed by atoms with E-state index >= 15 is 0 Å². The van der Waals surface area contributed by atoms with Crippen molar-refractivity contribution in [1.29, 1.82) is 0 Å². The second kappa shape index (κ2) is 9.54.